The van der Waals surface area contributed by atoms with Gasteiger partial charge < -0.3 is 18.9 Å². The van der Waals surface area contributed by atoms with Gasteiger partial charge in [0.15, 0.2) is 0 Å². The van der Waals surface area contributed by atoms with E-state index in [1.165, 1.54) is 0 Å². The standard InChI is InChI=1S/C18H35FO4/c1-5-8-11-20-15-14(4)23-18(19)17(22-13-10-7-3)16(15)21-12-9-6-2/h14-18H,5-13H2,1-4H3/t14?,15?,16-,17?,18+/m1/s1. The van der Waals surface area contributed by atoms with Crippen LogP contribution in [0.5, 0.6) is 0 Å². The maximum absolute atomic E-state index is 14.4. The zero-order chi connectivity index (χ0) is 17.1. The van der Waals surface area contributed by atoms with Crippen LogP contribution < -0.4 is 0 Å². The van der Waals surface area contributed by atoms with Crippen LogP contribution in [-0.4, -0.2) is 50.6 Å². The van der Waals surface area contributed by atoms with Crippen molar-refractivity contribution < 1.29 is 23.3 Å². The number of ether oxygens (including phenoxy) is 4. The summed E-state index contributed by atoms with van der Waals surface area (Å²) in [5, 5.41) is 0. The van der Waals surface area contributed by atoms with Crippen LogP contribution in [0.25, 0.3) is 0 Å². The number of hydrogen-bond acceptors (Lipinski definition) is 4. The van der Waals surface area contributed by atoms with Crippen LogP contribution in [0.1, 0.15) is 66.2 Å². The molecular formula is C18H35FO4. The minimum absolute atomic E-state index is 0.281. The predicted molar refractivity (Wildman–Crippen MR) is 89.4 cm³/mol. The van der Waals surface area contributed by atoms with Crippen molar-refractivity contribution in [2.75, 3.05) is 19.8 Å². The van der Waals surface area contributed by atoms with E-state index in [1.807, 2.05) is 6.92 Å². The van der Waals surface area contributed by atoms with E-state index in [-0.39, 0.29) is 12.2 Å². The fourth-order valence-electron chi connectivity index (χ4n) is 2.64. The molecule has 0 radical (unpaired) electrons. The zero-order valence-electron chi connectivity index (χ0n) is 15.3. The summed E-state index contributed by atoms with van der Waals surface area (Å²) in [5.41, 5.74) is 0. The lowest BCUT2D eigenvalue weighted by molar-refractivity contribution is -0.283. The van der Waals surface area contributed by atoms with Crippen LogP contribution in [0.15, 0.2) is 0 Å². The lowest BCUT2D eigenvalue weighted by Gasteiger charge is -2.42. The summed E-state index contributed by atoms with van der Waals surface area (Å²) in [6, 6.07) is 0. The van der Waals surface area contributed by atoms with Gasteiger partial charge in [-0.1, -0.05) is 40.0 Å². The molecular weight excluding hydrogens is 299 g/mol. The van der Waals surface area contributed by atoms with Crippen molar-refractivity contribution in [3.63, 3.8) is 0 Å². The normalized spacial score (nSPS) is 31.4. The van der Waals surface area contributed by atoms with Gasteiger partial charge in [-0.25, -0.2) is 4.39 Å². The molecule has 5 heteroatoms. The molecule has 0 aromatic rings. The molecule has 0 saturated carbocycles. The average Bonchev–Trinajstić information content (AvgIpc) is 2.53. The van der Waals surface area contributed by atoms with Crippen molar-refractivity contribution in [1.82, 2.24) is 0 Å². The van der Waals surface area contributed by atoms with Crippen molar-refractivity contribution in [3.8, 4) is 0 Å². The largest absolute Gasteiger partial charge is 0.373 e. The van der Waals surface area contributed by atoms with E-state index in [0.29, 0.717) is 19.8 Å². The molecule has 3 unspecified atom stereocenters. The summed E-state index contributed by atoms with van der Waals surface area (Å²) in [6.07, 6.45) is 2.76. The van der Waals surface area contributed by atoms with Gasteiger partial charge in [-0.05, 0) is 26.2 Å². The van der Waals surface area contributed by atoms with E-state index >= 15 is 0 Å². The van der Waals surface area contributed by atoms with Gasteiger partial charge in [0.2, 0.25) is 6.36 Å². The summed E-state index contributed by atoms with van der Waals surface area (Å²) >= 11 is 0. The van der Waals surface area contributed by atoms with E-state index in [0.717, 1.165) is 38.5 Å². The molecule has 0 aliphatic carbocycles. The predicted octanol–water partition coefficient (Wildman–Crippen LogP) is 4.26. The fraction of sp³-hybridized carbons (Fsp3) is 1.00. The highest BCUT2D eigenvalue weighted by atomic mass is 19.1. The molecule has 1 heterocycles. The average molecular weight is 334 g/mol. The number of unbranched alkanes of at least 4 members (excludes halogenated alkanes) is 3. The molecule has 0 aromatic heterocycles. The van der Waals surface area contributed by atoms with Crippen molar-refractivity contribution in [2.45, 2.75) is 97.0 Å². The lowest BCUT2D eigenvalue weighted by Crippen LogP contribution is -2.58. The van der Waals surface area contributed by atoms with Crippen molar-refractivity contribution in [2.24, 2.45) is 0 Å². The van der Waals surface area contributed by atoms with Crippen molar-refractivity contribution in [1.29, 1.82) is 0 Å². The van der Waals surface area contributed by atoms with Crippen LogP contribution in [0.2, 0.25) is 0 Å². The number of halogens is 1. The maximum Gasteiger partial charge on any atom is 0.228 e. The molecule has 1 saturated heterocycles. The monoisotopic (exact) mass is 334 g/mol. The minimum Gasteiger partial charge on any atom is -0.373 e. The summed E-state index contributed by atoms with van der Waals surface area (Å²) in [6.45, 7) is 9.92. The van der Waals surface area contributed by atoms with Gasteiger partial charge in [-0.15, -0.1) is 0 Å². The number of alkyl halides is 1. The van der Waals surface area contributed by atoms with Crippen LogP contribution in [0, 0.1) is 0 Å². The van der Waals surface area contributed by atoms with Crippen LogP contribution in [0.3, 0.4) is 0 Å². The number of rotatable bonds is 12. The molecule has 5 atom stereocenters. The second-order valence-electron chi connectivity index (χ2n) is 6.26. The SMILES string of the molecule is CCCCOC1C(C)O[C@H](F)C(OCCCC)[C@@H]1OCCCC. The van der Waals surface area contributed by atoms with Gasteiger partial charge in [0.1, 0.15) is 18.3 Å². The Labute approximate surface area is 141 Å². The topological polar surface area (TPSA) is 36.9 Å². The first-order valence-electron chi connectivity index (χ1n) is 9.29. The summed E-state index contributed by atoms with van der Waals surface area (Å²) < 4.78 is 37.5. The zero-order valence-corrected chi connectivity index (χ0v) is 15.3. The van der Waals surface area contributed by atoms with Gasteiger partial charge in [0.05, 0.1) is 6.10 Å². The van der Waals surface area contributed by atoms with E-state index < -0.39 is 18.6 Å². The van der Waals surface area contributed by atoms with E-state index in [4.69, 9.17) is 18.9 Å². The van der Waals surface area contributed by atoms with E-state index in [1.54, 1.807) is 0 Å². The summed E-state index contributed by atoms with van der Waals surface area (Å²) in [5.74, 6) is 0. The Balaban J connectivity index is 2.71. The first kappa shape index (κ1) is 20.8. The summed E-state index contributed by atoms with van der Waals surface area (Å²) in [4.78, 5) is 0. The molecule has 0 N–H and O–H groups in total. The third-order valence-corrected chi connectivity index (χ3v) is 4.14. The third-order valence-electron chi connectivity index (χ3n) is 4.14. The first-order valence-corrected chi connectivity index (χ1v) is 9.29. The van der Waals surface area contributed by atoms with Crippen molar-refractivity contribution >= 4 is 0 Å². The Morgan fingerprint density at radius 3 is 1.65 bits per heavy atom. The lowest BCUT2D eigenvalue weighted by atomic mass is 9.99. The molecule has 1 aliphatic heterocycles. The van der Waals surface area contributed by atoms with Gasteiger partial charge in [-0.3, -0.25) is 0 Å². The van der Waals surface area contributed by atoms with Gasteiger partial charge >= 0.3 is 0 Å². The van der Waals surface area contributed by atoms with Crippen molar-refractivity contribution in [3.05, 3.63) is 0 Å². The molecule has 138 valence electrons. The highest BCUT2D eigenvalue weighted by Crippen LogP contribution is 2.29. The van der Waals surface area contributed by atoms with Gasteiger partial charge in [-0.2, -0.15) is 0 Å². The fourth-order valence-corrected chi connectivity index (χ4v) is 2.64. The van der Waals surface area contributed by atoms with Gasteiger partial charge in [0.25, 0.3) is 0 Å². The molecule has 1 fully saturated rings. The first-order chi connectivity index (χ1) is 11.2. The Kier molecular flexibility index (Phi) is 11.0. The molecule has 0 aromatic carbocycles. The Hall–Kier alpha value is -0.230. The van der Waals surface area contributed by atoms with Crippen LogP contribution in [-0.2, 0) is 18.9 Å². The molecule has 1 rings (SSSR count). The minimum atomic E-state index is -1.46. The van der Waals surface area contributed by atoms with Gasteiger partial charge in [0, 0.05) is 19.8 Å². The van der Waals surface area contributed by atoms with E-state index in [2.05, 4.69) is 20.8 Å². The molecule has 1 aliphatic rings. The summed E-state index contributed by atoms with van der Waals surface area (Å²) in [7, 11) is 0. The number of hydrogen-bond donors (Lipinski definition) is 0. The maximum atomic E-state index is 14.4. The Morgan fingerprint density at radius 1 is 0.739 bits per heavy atom. The third kappa shape index (κ3) is 7.04. The van der Waals surface area contributed by atoms with E-state index in [9.17, 15) is 4.39 Å². The van der Waals surface area contributed by atoms with Crippen LogP contribution >= 0.6 is 0 Å². The highest BCUT2D eigenvalue weighted by Gasteiger charge is 2.46. The second kappa shape index (κ2) is 12.2. The smallest absolute Gasteiger partial charge is 0.228 e. The Bertz CT molecular complexity index is 268. The molecule has 0 spiro atoms. The van der Waals surface area contributed by atoms with Crippen LogP contribution in [0.4, 0.5) is 4.39 Å². The molecule has 0 bridgehead atoms. The Morgan fingerprint density at radius 2 is 1.17 bits per heavy atom. The second-order valence-corrected chi connectivity index (χ2v) is 6.26. The molecule has 23 heavy (non-hydrogen) atoms. The highest BCUT2D eigenvalue weighted by molar-refractivity contribution is 4.90. The quantitative estimate of drug-likeness (QED) is 0.500. The molecule has 4 nitrogen and oxygen atoms in total. The molecule has 0 amide bonds.